The first-order valence-corrected chi connectivity index (χ1v) is 8.48. The maximum atomic E-state index is 12.0. The third-order valence-electron chi connectivity index (χ3n) is 4.71. The van der Waals surface area contributed by atoms with Crippen molar-refractivity contribution in [3.05, 3.63) is 56.9 Å². The van der Waals surface area contributed by atoms with Crippen LogP contribution in [0.15, 0.2) is 27.4 Å². The molecule has 128 valence electrons. The van der Waals surface area contributed by atoms with Crippen LogP contribution in [0.2, 0.25) is 0 Å². The van der Waals surface area contributed by atoms with Crippen molar-refractivity contribution >= 4 is 5.91 Å². The van der Waals surface area contributed by atoms with Gasteiger partial charge in [-0.15, -0.1) is 0 Å². The number of furan rings is 1. The summed E-state index contributed by atoms with van der Waals surface area (Å²) in [6.07, 6.45) is 2.13. The van der Waals surface area contributed by atoms with E-state index in [1.807, 2.05) is 32.0 Å². The average Bonchev–Trinajstić information content (AvgIpc) is 3.06. The van der Waals surface area contributed by atoms with Crippen LogP contribution in [0.25, 0.3) is 0 Å². The quantitative estimate of drug-likeness (QED) is 0.856. The van der Waals surface area contributed by atoms with Crippen molar-refractivity contribution in [2.24, 2.45) is 5.92 Å². The molecule has 1 fully saturated rings. The zero-order valence-electron chi connectivity index (χ0n) is 14.4. The average molecular weight is 328 g/mol. The molecule has 2 N–H and O–H groups in total. The summed E-state index contributed by atoms with van der Waals surface area (Å²) in [5.41, 5.74) is 2.19. The van der Waals surface area contributed by atoms with E-state index in [-0.39, 0.29) is 18.0 Å². The molecule has 0 aromatic carbocycles. The highest BCUT2D eigenvalue weighted by Gasteiger charge is 2.36. The fourth-order valence-electron chi connectivity index (χ4n) is 3.06. The zero-order valence-corrected chi connectivity index (χ0v) is 14.4. The second-order valence-corrected chi connectivity index (χ2v) is 6.84. The molecule has 0 radical (unpaired) electrons. The highest BCUT2D eigenvalue weighted by Crippen LogP contribution is 2.47. The predicted octanol–water partition coefficient (Wildman–Crippen LogP) is 2.96. The lowest BCUT2D eigenvalue weighted by Crippen LogP contribution is -2.28. The topological polar surface area (TPSA) is 75.1 Å². The summed E-state index contributed by atoms with van der Waals surface area (Å²) in [5.74, 6) is 3.09. The zero-order chi connectivity index (χ0) is 17.3. The molecule has 0 spiro atoms. The van der Waals surface area contributed by atoms with Gasteiger partial charge in [-0.1, -0.05) is 6.92 Å². The van der Waals surface area contributed by atoms with Crippen molar-refractivity contribution in [1.82, 2.24) is 10.3 Å². The van der Waals surface area contributed by atoms with Crippen LogP contribution in [-0.2, 0) is 17.8 Å². The van der Waals surface area contributed by atoms with Crippen molar-refractivity contribution in [1.29, 1.82) is 0 Å². The molecule has 24 heavy (non-hydrogen) atoms. The summed E-state index contributed by atoms with van der Waals surface area (Å²) in [4.78, 5) is 26.7. The van der Waals surface area contributed by atoms with Gasteiger partial charge in [-0.05, 0) is 49.9 Å². The first-order valence-electron chi connectivity index (χ1n) is 8.48. The molecule has 2 aromatic heterocycles. The number of pyridine rings is 1. The van der Waals surface area contributed by atoms with E-state index in [1.165, 1.54) is 6.42 Å². The van der Waals surface area contributed by atoms with Crippen molar-refractivity contribution in [3.63, 3.8) is 0 Å². The first-order chi connectivity index (χ1) is 11.4. The number of amides is 1. The summed E-state index contributed by atoms with van der Waals surface area (Å²) in [7, 11) is 0. The lowest BCUT2D eigenvalue weighted by atomic mass is 10.1. The van der Waals surface area contributed by atoms with Gasteiger partial charge in [0.1, 0.15) is 11.5 Å². The van der Waals surface area contributed by atoms with Gasteiger partial charge in [0.2, 0.25) is 5.91 Å². The van der Waals surface area contributed by atoms with Gasteiger partial charge in [-0.3, -0.25) is 9.59 Å². The Morgan fingerprint density at radius 2 is 2.12 bits per heavy atom. The number of hydrogen-bond donors (Lipinski definition) is 2. The molecular weight excluding hydrogens is 304 g/mol. The van der Waals surface area contributed by atoms with Gasteiger partial charge in [0.05, 0.1) is 0 Å². The number of aryl methyl sites for hydroxylation is 3. The molecule has 2 atom stereocenters. The summed E-state index contributed by atoms with van der Waals surface area (Å²) >= 11 is 0. The molecule has 3 rings (SSSR count). The SMILES string of the molecule is Cc1cc(C)c(CNC(=O)CCc2ccc([C@@H]3C[C@@H]3C)o2)c(=O)[nH]1. The van der Waals surface area contributed by atoms with Crippen LogP contribution >= 0.6 is 0 Å². The summed E-state index contributed by atoms with van der Waals surface area (Å²) in [6.45, 7) is 6.20. The standard InChI is InChI=1S/C19H24N2O3/c1-11-8-13(3)21-19(23)16(11)10-20-18(22)7-5-14-4-6-17(24-14)15-9-12(15)2/h4,6,8,12,15H,5,7,9-10H2,1-3H3,(H,20,22)(H,21,23)/t12-,15+/m0/s1. The van der Waals surface area contributed by atoms with E-state index in [1.54, 1.807) is 0 Å². The predicted molar refractivity (Wildman–Crippen MR) is 91.9 cm³/mol. The lowest BCUT2D eigenvalue weighted by Gasteiger charge is -2.07. The molecule has 2 aromatic rings. The van der Waals surface area contributed by atoms with Crippen LogP contribution in [0.4, 0.5) is 0 Å². The van der Waals surface area contributed by atoms with Gasteiger partial charge in [-0.25, -0.2) is 0 Å². The number of nitrogens with one attached hydrogen (secondary N) is 2. The van der Waals surface area contributed by atoms with Gasteiger partial charge in [0, 0.05) is 36.6 Å². The van der Waals surface area contributed by atoms with Crippen molar-refractivity contribution in [2.75, 3.05) is 0 Å². The van der Waals surface area contributed by atoms with Gasteiger partial charge in [0.15, 0.2) is 0 Å². The third-order valence-corrected chi connectivity index (χ3v) is 4.71. The molecule has 0 unspecified atom stereocenters. The maximum Gasteiger partial charge on any atom is 0.253 e. The number of H-pyrrole nitrogens is 1. The van der Waals surface area contributed by atoms with Gasteiger partial charge >= 0.3 is 0 Å². The molecule has 1 aliphatic rings. The lowest BCUT2D eigenvalue weighted by molar-refractivity contribution is -0.121. The van der Waals surface area contributed by atoms with Crippen molar-refractivity contribution < 1.29 is 9.21 Å². The molecule has 0 aliphatic heterocycles. The summed E-state index contributed by atoms with van der Waals surface area (Å²) in [6, 6.07) is 5.89. The Morgan fingerprint density at radius 1 is 1.38 bits per heavy atom. The minimum absolute atomic E-state index is 0.0767. The molecule has 0 saturated heterocycles. The highest BCUT2D eigenvalue weighted by atomic mass is 16.3. The van der Waals surface area contributed by atoms with E-state index in [4.69, 9.17) is 4.42 Å². The Kier molecular flexibility index (Phi) is 4.60. The van der Waals surface area contributed by atoms with Crippen LogP contribution in [0.1, 0.15) is 54.0 Å². The Morgan fingerprint density at radius 3 is 2.79 bits per heavy atom. The van der Waals surface area contributed by atoms with E-state index >= 15 is 0 Å². The van der Waals surface area contributed by atoms with E-state index in [9.17, 15) is 9.59 Å². The Labute approximate surface area is 141 Å². The van der Waals surface area contributed by atoms with Crippen LogP contribution in [0, 0.1) is 19.8 Å². The molecule has 5 nitrogen and oxygen atoms in total. The molecule has 1 saturated carbocycles. The number of aromatic amines is 1. The Hall–Kier alpha value is -2.30. The molecule has 0 bridgehead atoms. The van der Waals surface area contributed by atoms with Crippen LogP contribution in [0.5, 0.6) is 0 Å². The fourth-order valence-corrected chi connectivity index (χ4v) is 3.06. The fraction of sp³-hybridized carbons (Fsp3) is 0.474. The summed E-state index contributed by atoms with van der Waals surface area (Å²) in [5, 5.41) is 2.82. The molecule has 1 amide bonds. The normalized spacial score (nSPS) is 19.3. The number of aromatic nitrogens is 1. The number of carbonyl (C=O) groups excluding carboxylic acids is 1. The third kappa shape index (κ3) is 3.78. The largest absolute Gasteiger partial charge is 0.466 e. The van der Waals surface area contributed by atoms with E-state index in [0.29, 0.717) is 30.2 Å². The van der Waals surface area contributed by atoms with Crippen LogP contribution in [-0.4, -0.2) is 10.9 Å². The molecule has 1 aliphatic carbocycles. The molecular formula is C19H24N2O3. The monoisotopic (exact) mass is 328 g/mol. The number of hydrogen-bond acceptors (Lipinski definition) is 3. The van der Waals surface area contributed by atoms with Crippen LogP contribution in [0.3, 0.4) is 0 Å². The minimum atomic E-state index is -0.137. The Balaban J connectivity index is 1.49. The highest BCUT2D eigenvalue weighted by molar-refractivity contribution is 5.76. The number of rotatable bonds is 6. The van der Waals surface area contributed by atoms with Gasteiger partial charge < -0.3 is 14.7 Å². The molecule has 2 heterocycles. The first kappa shape index (κ1) is 16.6. The van der Waals surface area contributed by atoms with Crippen molar-refractivity contribution in [3.8, 4) is 0 Å². The Bertz CT molecular complexity index is 803. The van der Waals surface area contributed by atoms with E-state index < -0.39 is 0 Å². The second-order valence-electron chi connectivity index (χ2n) is 6.84. The van der Waals surface area contributed by atoms with E-state index in [2.05, 4.69) is 17.2 Å². The van der Waals surface area contributed by atoms with E-state index in [0.717, 1.165) is 22.8 Å². The minimum Gasteiger partial charge on any atom is -0.466 e. The summed E-state index contributed by atoms with van der Waals surface area (Å²) < 4.78 is 5.81. The van der Waals surface area contributed by atoms with Gasteiger partial charge in [-0.2, -0.15) is 0 Å². The maximum absolute atomic E-state index is 12.0. The van der Waals surface area contributed by atoms with Crippen molar-refractivity contribution in [2.45, 2.75) is 52.5 Å². The second kappa shape index (κ2) is 6.67. The smallest absolute Gasteiger partial charge is 0.253 e. The van der Waals surface area contributed by atoms with Gasteiger partial charge in [0.25, 0.3) is 5.56 Å². The number of carbonyl (C=O) groups is 1. The molecule has 5 heteroatoms. The van der Waals surface area contributed by atoms with Crippen LogP contribution < -0.4 is 10.9 Å².